The van der Waals surface area contributed by atoms with Gasteiger partial charge in [0.2, 0.25) is 0 Å². The molecule has 10 heteroatoms. The molecule has 32 heavy (non-hydrogen) atoms. The zero-order valence-electron chi connectivity index (χ0n) is 17.8. The van der Waals surface area contributed by atoms with Crippen molar-refractivity contribution in [3.8, 4) is 5.75 Å². The van der Waals surface area contributed by atoms with Crippen molar-refractivity contribution >= 4 is 27.5 Å². The molecule has 2 amide bonds. The second-order valence-corrected chi connectivity index (χ2v) is 8.50. The molecule has 9 nitrogen and oxygen atoms in total. The van der Waals surface area contributed by atoms with E-state index in [1.807, 2.05) is 6.92 Å². The third-order valence-corrected chi connectivity index (χ3v) is 5.82. The first kappa shape index (κ1) is 22.9. The predicted octanol–water partition coefficient (Wildman–Crippen LogP) is 3.17. The first-order valence-corrected chi connectivity index (χ1v) is 11.2. The summed E-state index contributed by atoms with van der Waals surface area (Å²) in [6.07, 6.45) is 0. The van der Waals surface area contributed by atoms with Gasteiger partial charge in [0.05, 0.1) is 17.1 Å². The summed E-state index contributed by atoms with van der Waals surface area (Å²) in [5.74, 6) is 0.539. The number of nitrogens with one attached hydrogen (secondary N) is 3. The van der Waals surface area contributed by atoms with Crippen molar-refractivity contribution in [3.05, 3.63) is 77.2 Å². The number of benzene rings is 2. The lowest BCUT2D eigenvalue weighted by Crippen LogP contribution is -2.41. The van der Waals surface area contributed by atoms with Crippen LogP contribution in [0.1, 0.15) is 39.2 Å². The van der Waals surface area contributed by atoms with Gasteiger partial charge in [0, 0.05) is 11.3 Å². The molecule has 0 radical (unpaired) electrons. The number of anilines is 1. The fraction of sp³-hybridized carbons (Fsp3) is 0.182. The number of carbonyl (C=O) groups excluding carboxylic acids is 2. The van der Waals surface area contributed by atoms with Gasteiger partial charge in [0.25, 0.3) is 21.8 Å². The molecule has 0 aliphatic rings. The van der Waals surface area contributed by atoms with Gasteiger partial charge in [0.1, 0.15) is 17.3 Å². The number of carbonyl (C=O) groups is 2. The Hall–Kier alpha value is -3.79. The maximum Gasteiger partial charge on any atom is 0.273 e. The molecule has 0 spiro atoms. The summed E-state index contributed by atoms with van der Waals surface area (Å²) >= 11 is 0. The minimum absolute atomic E-state index is 0.0789. The Morgan fingerprint density at radius 2 is 1.56 bits per heavy atom. The van der Waals surface area contributed by atoms with Gasteiger partial charge in [-0.2, -0.15) is 0 Å². The number of ether oxygens (including phenoxy) is 1. The van der Waals surface area contributed by atoms with Crippen LogP contribution in [0.5, 0.6) is 5.75 Å². The van der Waals surface area contributed by atoms with Crippen molar-refractivity contribution in [2.45, 2.75) is 25.7 Å². The van der Waals surface area contributed by atoms with Crippen LogP contribution in [0.25, 0.3) is 0 Å². The van der Waals surface area contributed by atoms with Crippen LogP contribution < -0.4 is 20.3 Å². The topological polar surface area (TPSA) is 127 Å². The number of hydrazine groups is 1. The van der Waals surface area contributed by atoms with Crippen LogP contribution in [0, 0.1) is 13.8 Å². The van der Waals surface area contributed by atoms with Crippen molar-refractivity contribution in [1.29, 1.82) is 0 Å². The van der Waals surface area contributed by atoms with Crippen LogP contribution in [-0.4, -0.2) is 26.8 Å². The second kappa shape index (κ2) is 9.56. The van der Waals surface area contributed by atoms with Gasteiger partial charge in [-0.1, -0.05) is 0 Å². The van der Waals surface area contributed by atoms with Gasteiger partial charge in [-0.3, -0.25) is 25.2 Å². The number of furan rings is 1. The lowest BCUT2D eigenvalue weighted by Gasteiger charge is -2.10. The molecule has 3 rings (SSSR count). The predicted molar refractivity (Wildman–Crippen MR) is 118 cm³/mol. The van der Waals surface area contributed by atoms with E-state index in [-0.39, 0.29) is 16.1 Å². The summed E-state index contributed by atoms with van der Waals surface area (Å²) in [6.45, 7) is 5.69. The molecule has 1 heterocycles. The van der Waals surface area contributed by atoms with Crippen molar-refractivity contribution in [1.82, 2.24) is 10.9 Å². The number of hydrogen-bond donors (Lipinski definition) is 3. The van der Waals surface area contributed by atoms with E-state index in [0.29, 0.717) is 29.4 Å². The quantitative estimate of drug-likeness (QED) is 0.468. The molecule has 168 valence electrons. The lowest BCUT2D eigenvalue weighted by molar-refractivity contribution is 0.0845. The molecular weight excluding hydrogens is 434 g/mol. The van der Waals surface area contributed by atoms with Gasteiger partial charge in [-0.25, -0.2) is 8.42 Å². The summed E-state index contributed by atoms with van der Waals surface area (Å²) in [5, 5.41) is 0. The molecule has 2 aromatic carbocycles. The zero-order chi connectivity index (χ0) is 23.3. The van der Waals surface area contributed by atoms with Gasteiger partial charge in [-0.15, -0.1) is 0 Å². The van der Waals surface area contributed by atoms with Crippen molar-refractivity contribution in [2.24, 2.45) is 0 Å². The Bertz CT molecular complexity index is 1220. The second-order valence-electron chi connectivity index (χ2n) is 6.82. The van der Waals surface area contributed by atoms with Crippen LogP contribution in [0.15, 0.2) is 63.9 Å². The van der Waals surface area contributed by atoms with Crippen molar-refractivity contribution in [2.75, 3.05) is 11.3 Å². The average molecular weight is 458 g/mol. The highest BCUT2D eigenvalue weighted by atomic mass is 32.2. The molecule has 0 saturated heterocycles. The summed E-state index contributed by atoms with van der Waals surface area (Å²) < 4.78 is 38.1. The molecular formula is C22H23N3O6S. The standard InChI is InChI=1S/C22H23N3O6S/c1-4-30-18-9-11-19(12-10-18)32(28,29)25-17-7-5-16(6-8-17)21(26)23-24-22(27)20-13-14(2)31-15(20)3/h5-13,25H,4H2,1-3H3,(H,23,26)(H,24,27). The molecule has 0 atom stereocenters. The number of rotatable bonds is 7. The van der Waals surface area contributed by atoms with Crippen molar-refractivity contribution in [3.63, 3.8) is 0 Å². The lowest BCUT2D eigenvalue weighted by atomic mass is 10.2. The van der Waals surface area contributed by atoms with E-state index in [1.54, 1.807) is 32.0 Å². The zero-order valence-corrected chi connectivity index (χ0v) is 18.6. The fourth-order valence-electron chi connectivity index (χ4n) is 2.89. The summed E-state index contributed by atoms with van der Waals surface area (Å²) in [5.41, 5.74) is 5.46. The van der Waals surface area contributed by atoms with Crippen LogP contribution in [0.3, 0.4) is 0 Å². The van der Waals surface area contributed by atoms with E-state index < -0.39 is 21.8 Å². The van der Waals surface area contributed by atoms with E-state index in [9.17, 15) is 18.0 Å². The van der Waals surface area contributed by atoms with Gasteiger partial charge < -0.3 is 9.15 Å². The highest BCUT2D eigenvalue weighted by Crippen LogP contribution is 2.20. The Labute approximate surface area is 185 Å². The third-order valence-electron chi connectivity index (χ3n) is 4.42. The number of sulfonamides is 1. The minimum Gasteiger partial charge on any atom is -0.494 e. The van der Waals surface area contributed by atoms with Crippen molar-refractivity contribution < 1.29 is 27.2 Å². The fourth-order valence-corrected chi connectivity index (χ4v) is 3.95. The van der Waals surface area contributed by atoms with Gasteiger partial charge in [0.15, 0.2) is 0 Å². The Balaban J connectivity index is 1.60. The molecule has 0 aliphatic carbocycles. The highest BCUT2D eigenvalue weighted by molar-refractivity contribution is 7.92. The number of amides is 2. The van der Waals surface area contributed by atoms with Gasteiger partial charge >= 0.3 is 0 Å². The summed E-state index contributed by atoms with van der Waals surface area (Å²) in [4.78, 5) is 24.5. The van der Waals surface area contributed by atoms with E-state index in [1.165, 1.54) is 36.4 Å². The molecule has 0 bridgehead atoms. The van der Waals surface area contributed by atoms with Crippen LogP contribution in [-0.2, 0) is 10.0 Å². The molecule has 0 saturated carbocycles. The normalized spacial score (nSPS) is 11.0. The van der Waals surface area contributed by atoms with E-state index in [2.05, 4.69) is 15.6 Å². The molecule has 0 fully saturated rings. The Kier molecular flexibility index (Phi) is 6.84. The van der Waals surface area contributed by atoms with Crippen LogP contribution in [0.2, 0.25) is 0 Å². The maximum atomic E-state index is 12.5. The molecule has 0 unspecified atom stereocenters. The third kappa shape index (κ3) is 5.46. The van der Waals surface area contributed by atoms with Gasteiger partial charge in [-0.05, 0) is 75.4 Å². The number of hydrogen-bond acceptors (Lipinski definition) is 6. The highest BCUT2D eigenvalue weighted by Gasteiger charge is 2.16. The molecule has 1 aromatic heterocycles. The molecule has 0 aliphatic heterocycles. The largest absolute Gasteiger partial charge is 0.494 e. The summed E-state index contributed by atoms with van der Waals surface area (Å²) in [6, 6.07) is 13.4. The molecule has 3 N–H and O–H groups in total. The van der Waals surface area contributed by atoms with E-state index in [0.717, 1.165) is 0 Å². The summed E-state index contributed by atoms with van der Waals surface area (Å²) in [7, 11) is -3.80. The monoisotopic (exact) mass is 457 g/mol. The van der Waals surface area contributed by atoms with Crippen LogP contribution >= 0.6 is 0 Å². The Morgan fingerprint density at radius 1 is 0.938 bits per heavy atom. The van der Waals surface area contributed by atoms with E-state index in [4.69, 9.17) is 9.15 Å². The minimum atomic E-state index is -3.80. The van der Waals surface area contributed by atoms with Crippen LogP contribution in [0.4, 0.5) is 5.69 Å². The smallest absolute Gasteiger partial charge is 0.273 e. The Morgan fingerprint density at radius 3 is 2.12 bits per heavy atom. The average Bonchev–Trinajstić information content (AvgIpc) is 3.10. The first-order valence-electron chi connectivity index (χ1n) is 9.73. The number of aryl methyl sites for hydroxylation is 2. The maximum absolute atomic E-state index is 12.5. The molecule has 3 aromatic rings. The first-order chi connectivity index (χ1) is 15.2. The van der Waals surface area contributed by atoms with E-state index >= 15 is 0 Å². The SMILES string of the molecule is CCOc1ccc(S(=O)(=O)Nc2ccc(C(=O)NNC(=O)c3cc(C)oc3C)cc2)cc1.